The van der Waals surface area contributed by atoms with Crippen molar-refractivity contribution >= 4 is 5.96 Å². The maximum Gasteiger partial charge on any atom is 0.192 e. The van der Waals surface area contributed by atoms with Crippen molar-refractivity contribution in [2.75, 3.05) is 6.54 Å². The lowest BCUT2D eigenvalue weighted by Crippen LogP contribution is -2.39. The van der Waals surface area contributed by atoms with Gasteiger partial charge in [0.25, 0.3) is 0 Å². The van der Waals surface area contributed by atoms with Crippen LogP contribution in [0, 0.1) is 0 Å². The molecule has 6 nitrogen and oxygen atoms in total. The van der Waals surface area contributed by atoms with Crippen molar-refractivity contribution in [3.8, 4) is 0 Å². The molecule has 3 rings (SSSR count). The highest BCUT2D eigenvalue weighted by Crippen LogP contribution is 2.15. The van der Waals surface area contributed by atoms with Gasteiger partial charge in [0.1, 0.15) is 12.4 Å². The van der Waals surface area contributed by atoms with Crippen molar-refractivity contribution in [3.05, 3.63) is 60.2 Å². The average molecular weight is 324 g/mol. The van der Waals surface area contributed by atoms with Crippen molar-refractivity contribution in [2.24, 2.45) is 4.99 Å². The van der Waals surface area contributed by atoms with E-state index >= 15 is 0 Å². The largest absolute Gasteiger partial charge is 0.353 e. The second-order valence-electron chi connectivity index (χ2n) is 5.90. The fourth-order valence-electron chi connectivity index (χ4n) is 2.83. The van der Waals surface area contributed by atoms with Gasteiger partial charge < -0.3 is 15.2 Å². The second kappa shape index (κ2) is 7.77. The highest BCUT2D eigenvalue weighted by molar-refractivity contribution is 5.80. The fraction of sp³-hybridized carbons (Fsp3) is 0.389. The van der Waals surface area contributed by atoms with Crippen LogP contribution in [0.3, 0.4) is 0 Å². The van der Waals surface area contributed by atoms with Crippen LogP contribution in [0.1, 0.15) is 36.6 Å². The zero-order chi connectivity index (χ0) is 16.8. The van der Waals surface area contributed by atoms with Crippen LogP contribution in [0.25, 0.3) is 0 Å². The number of nitrogens with zero attached hydrogens (tertiary/aromatic N) is 4. The molecule has 0 unspecified atom stereocenters. The number of fused-ring (bicyclic) bond motifs is 1. The molecule has 0 amide bonds. The Hall–Kier alpha value is -2.63. The normalized spacial score (nSPS) is 15.0. The van der Waals surface area contributed by atoms with Gasteiger partial charge in [0.15, 0.2) is 11.8 Å². The summed E-state index contributed by atoms with van der Waals surface area (Å²) < 4.78 is 2.18. The van der Waals surface area contributed by atoms with Crippen molar-refractivity contribution in [2.45, 2.75) is 38.9 Å². The quantitative estimate of drug-likeness (QED) is 0.486. The summed E-state index contributed by atoms with van der Waals surface area (Å²) >= 11 is 0. The molecule has 24 heavy (non-hydrogen) atoms. The molecule has 1 aliphatic heterocycles. The Kier molecular flexibility index (Phi) is 5.25. The molecule has 2 N–H and O–H groups in total. The Morgan fingerprint density at radius 1 is 1.38 bits per heavy atom. The van der Waals surface area contributed by atoms with Crippen LogP contribution in [0.4, 0.5) is 0 Å². The first kappa shape index (κ1) is 16.2. The SMILES string of the molecule is C=CCNC(=NCc1nnc2n1CCC2)N[C@@H](C)c1ccccc1. The number of nitrogens with one attached hydrogen (secondary N) is 2. The summed E-state index contributed by atoms with van der Waals surface area (Å²) in [4.78, 5) is 4.67. The monoisotopic (exact) mass is 324 g/mol. The Morgan fingerprint density at radius 2 is 2.21 bits per heavy atom. The van der Waals surface area contributed by atoms with Gasteiger partial charge in [0.2, 0.25) is 0 Å². The highest BCUT2D eigenvalue weighted by atomic mass is 15.3. The maximum atomic E-state index is 4.67. The van der Waals surface area contributed by atoms with Crippen molar-refractivity contribution in [3.63, 3.8) is 0 Å². The predicted molar refractivity (Wildman–Crippen MR) is 95.7 cm³/mol. The van der Waals surface area contributed by atoms with E-state index < -0.39 is 0 Å². The topological polar surface area (TPSA) is 67.1 Å². The molecule has 2 aromatic rings. The fourth-order valence-corrected chi connectivity index (χ4v) is 2.83. The lowest BCUT2D eigenvalue weighted by molar-refractivity contribution is 0.670. The predicted octanol–water partition coefficient (Wildman–Crippen LogP) is 2.21. The van der Waals surface area contributed by atoms with E-state index in [1.54, 1.807) is 0 Å². The Labute approximate surface area is 142 Å². The molecule has 0 saturated carbocycles. The van der Waals surface area contributed by atoms with Crippen molar-refractivity contribution < 1.29 is 0 Å². The van der Waals surface area contributed by atoms with Gasteiger partial charge in [-0.3, -0.25) is 0 Å². The molecule has 1 atom stereocenters. The first-order chi connectivity index (χ1) is 11.8. The van der Waals surface area contributed by atoms with Crippen molar-refractivity contribution in [1.29, 1.82) is 0 Å². The third-order valence-electron chi connectivity index (χ3n) is 4.13. The van der Waals surface area contributed by atoms with E-state index in [0.29, 0.717) is 13.1 Å². The van der Waals surface area contributed by atoms with Crippen LogP contribution in [-0.4, -0.2) is 27.3 Å². The molecule has 1 aromatic carbocycles. The molecule has 126 valence electrons. The Morgan fingerprint density at radius 3 is 3.00 bits per heavy atom. The molecular formula is C18H24N6. The lowest BCUT2D eigenvalue weighted by atomic mass is 10.1. The van der Waals surface area contributed by atoms with E-state index in [2.05, 4.69) is 56.0 Å². The van der Waals surface area contributed by atoms with Crippen LogP contribution in [0.15, 0.2) is 48.0 Å². The number of guanidine groups is 1. The molecule has 0 radical (unpaired) electrons. The molecule has 0 saturated heterocycles. The van der Waals surface area contributed by atoms with Gasteiger partial charge in [0.05, 0.1) is 6.04 Å². The van der Waals surface area contributed by atoms with E-state index in [9.17, 15) is 0 Å². The molecular weight excluding hydrogens is 300 g/mol. The maximum absolute atomic E-state index is 4.67. The smallest absolute Gasteiger partial charge is 0.192 e. The van der Waals surface area contributed by atoms with E-state index in [1.165, 1.54) is 5.56 Å². The summed E-state index contributed by atoms with van der Waals surface area (Å²) in [6.07, 6.45) is 3.98. The summed E-state index contributed by atoms with van der Waals surface area (Å²) in [6, 6.07) is 10.5. The van der Waals surface area contributed by atoms with Gasteiger partial charge in [-0.25, -0.2) is 4.99 Å². The van der Waals surface area contributed by atoms with Crippen molar-refractivity contribution in [1.82, 2.24) is 25.4 Å². The minimum Gasteiger partial charge on any atom is -0.353 e. The van der Waals surface area contributed by atoms with Gasteiger partial charge in [-0.1, -0.05) is 36.4 Å². The van der Waals surface area contributed by atoms with Gasteiger partial charge in [0, 0.05) is 19.5 Å². The van der Waals surface area contributed by atoms with Crippen LogP contribution in [-0.2, 0) is 19.5 Å². The molecule has 6 heteroatoms. The van der Waals surface area contributed by atoms with Crippen LogP contribution < -0.4 is 10.6 Å². The van der Waals surface area contributed by atoms with E-state index in [4.69, 9.17) is 0 Å². The van der Waals surface area contributed by atoms with Gasteiger partial charge >= 0.3 is 0 Å². The Bertz CT molecular complexity index is 704. The lowest BCUT2D eigenvalue weighted by Gasteiger charge is -2.18. The second-order valence-corrected chi connectivity index (χ2v) is 5.90. The number of hydrogen-bond donors (Lipinski definition) is 2. The summed E-state index contributed by atoms with van der Waals surface area (Å²) in [7, 11) is 0. The van der Waals surface area contributed by atoms with Gasteiger partial charge in [-0.05, 0) is 18.9 Å². The van der Waals surface area contributed by atoms with E-state index in [0.717, 1.165) is 37.0 Å². The first-order valence-corrected chi connectivity index (χ1v) is 8.39. The standard InChI is InChI=1S/C18H24N6/c1-3-11-19-18(21-14(2)15-8-5-4-6-9-15)20-13-17-23-22-16-10-7-12-24(16)17/h3-6,8-9,14H,1,7,10-13H2,2H3,(H2,19,20,21)/t14-/m0/s1. The third kappa shape index (κ3) is 3.82. The molecule has 0 bridgehead atoms. The molecule has 1 aromatic heterocycles. The average Bonchev–Trinajstić information content (AvgIpc) is 3.22. The zero-order valence-corrected chi connectivity index (χ0v) is 14.1. The zero-order valence-electron chi connectivity index (χ0n) is 14.1. The van der Waals surface area contributed by atoms with Crippen LogP contribution >= 0.6 is 0 Å². The molecule has 2 heterocycles. The molecule has 0 aliphatic carbocycles. The first-order valence-electron chi connectivity index (χ1n) is 8.39. The number of benzene rings is 1. The van der Waals surface area contributed by atoms with E-state index in [1.807, 2.05) is 24.3 Å². The minimum atomic E-state index is 0.159. The van der Waals surface area contributed by atoms with E-state index in [-0.39, 0.29) is 6.04 Å². The molecule has 0 fully saturated rings. The number of hydrogen-bond acceptors (Lipinski definition) is 3. The molecule has 0 spiro atoms. The number of aliphatic imine (C=N–C) groups is 1. The van der Waals surface area contributed by atoms with Gasteiger partial charge in [-0.15, -0.1) is 16.8 Å². The third-order valence-corrected chi connectivity index (χ3v) is 4.13. The Balaban J connectivity index is 1.69. The summed E-state index contributed by atoms with van der Waals surface area (Å²) in [5.74, 6) is 2.75. The van der Waals surface area contributed by atoms with Crippen LogP contribution in [0.2, 0.25) is 0 Å². The molecule has 1 aliphatic rings. The number of aromatic nitrogens is 3. The highest BCUT2D eigenvalue weighted by Gasteiger charge is 2.17. The minimum absolute atomic E-state index is 0.159. The van der Waals surface area contributed by atoms with Gasteiger partial charge in [-0.2, -0.15) is 0 Å². The summed E-state index contributed by atoms with van der Waals surface area (Å²) in [6.45, 7) is 8.05. The van der Waals surface area contributed by atoms with Crippen LogP contribution in [0.5, 0.6) is 0 Å². The number of aryl methyl sites for hydroxylation is 1. The summed E-state index contributed by atoms with van der Waals surface area (Å²) in [5, 5.41) is 15.2. The summed E-state index contributed by atoms with van der Waals surface area (Å²) in [5.41, 5.74) is 1.22. The number of rotatable bonds is 6.